The van der Waals surface area contributed by atoms with E-state index >= 15 is 0 Å². The molecule has 104 valence electrons. The quantitative estimate of drug-likeness (QED) is 0.489. The Labute approximate surface area is 111 Å². The fourth-order valence-electron chi connectivity index (χ4n) is 2.20. The van der Waals surface area contributed by atoms with Crippen LogP contribution in [0.25, 0.3) is 0 Å². The average molecular weight is 252 g/mol. The van der Waals surface area contributed by atoms with Crippen molar-refractivity contribution in [2.75, 3.05) is 19.6 Å². The molecule has 0 atom stereocenters. The number of nitrogens with one attached hydrogen (secondary N) is 2. The van der Waals surface area contributed by atoms with Crippen LogP contribution in [0.2, 0.25) is 0 Å². The van der Waals surface area contributed by atoms with Gasteiger partial charge >= 0.3 is 0 Å². The number of carbonyl (C=O) groups is 1. The minimum absolute atomic E-state index is 0.213. The number of amides is 1. The lowest BCUT2D eigenvalue weighted by molar-refractivity contribution is -0.121. The summed E-state index contributed by atoms with van der Waals surface area (Å²) in [6.45, 7) is 4.96. The number of hydrogen-bond acceptors (Lipinski definition) is 2. The van der Waals surface area contributed by atoms with Crippen LogP contribution in [0.4, 0.5) is 0 Å². The van der Waals surface area contributed by atoms with Gasteiger partial charge in [0.25, 0.3) is 0 Å². The number of carbonyl (C=O) groups excluding carboxylic acids is 1. The summed E-state index contributed by atoms with van der Waals surface area (Å²) in [7, 11) is 0. The van der Waals surface area contributed by atoms with E-state index in [9.17, 15) is 4.79 Å². The standard InChI is InChI=1S/C15H28N2O/c1-2-3-4-5-6-7-8-15(18)17-13-14-9-11-16-12-10-14/h9,16H,2-8,10-13H2,1H3,(H,17,18). The molecule has 2 N–H and O–H groups in total. The second-order valence-corrected chi connectivity index (χ2v) is 5.11. The summed E-state index contributed by atoms with van der Waals surface area (Å²) in [6.07, 6.45) is 11.4. The Morgan fingerprint density at radius 1 is 1.28 bits per heavy atom. The molecule has 0 aromatic rings. The first-order valence-corrected chi connectivity index (χ1v) is 7.48. The molecule has 0 radical (unpaired) electrons. The maximum Gasteiger partial charge on any atom is 0.220 e. The van der Waals surface area contributed by atoms with Gasteiger partial charge < -0.3 is 10.6 Å². The van der Waals surface area contributed by atoms with Crippen molar-refractivity contribution in [2.45, 2.75) is 58.3 Å². The summed E-state index contributed by atoms with van der Waals surface area (Å²) >= 11 is 0. The highest BCUT2D eigenvalue weighted by atomic mass is 16.1. The van der Waals surface area contributed by atoms with Gasteiger partial charge in [-0.3, -0.25) is 4.79 Å². The molecule has 0 aliphatic carbocycles. The van der Waals surface area contributed by atoms with Gasteiger partial charge in [0.15, 0.2) is 0 Å². The molecule has 0 unspecified atom stereocenters. The van der Waals surface area contributed by atoms with Crippen LogP contribution in [0.15, 0.2) is 11.6 Å². The van der Waals surface area contributed by atoms with Gasteiger partial charge in [0.1, 0.15) is 0 Å². The highest BCUT2D eigenvalue weighted by Gasteiger charge is 2.05. The van der Waals surface area contributed by atoms with Crippen molar-refractivity contribution >= 4 is 5.91 Å². The van der Waals surface area contributed by atoms with Gasteiger partial charge in [0.2, 0.25) is 5.91 Å². The van der Waals surface area contributed by atoms with Crippen molar-refractivity contribution in [1.29, 1.82) is 0 Å². The van der Waals surface area contributed by atoms with Crippen molar-refractivity contribution in [1.82, 2.24) is 10.6 Å². The van der Waals surface area contributed by atoms with Crippen LogP contribution in [-0.4, -0.2) is 25.5 Å². The van der Waals surface area contributed by atoms with Gasteiger partial charge in [0.05, 0.1) is 0 Å². The normalized spacial score (nSPS) is 15.3. The molecule has 3 heteroatoms. The third kappa shape index (κ3) is 7.49. The van der Waals surface area contributed by atoms with E-state index in [1.54, 1.807) is 0 Å². The van der Waals surface area contributed by atoms with Crippen LogP contribution in [0, 0.1) is 0 Å². The van der Waals surface area contributed by atoms with Crippen molar-refractivity contribution in [3.63, 3.8) is 0 Å². The molecule has 0 fully saturated rings. The summed E-state index contributed by atoms with van der Waals surface area (Å²) in [6, 6.07) is 0. The maximum absolute atomic E-state index is 11.6. The predicted molar refractivity (Wildman–Crippen MR) is 76.6 cm³/mol. The Balaban J connectivity index is 1.95. The van der Waals surface area contributed by atoms with Crippen molar-refractivity contribution in [3.8, 4) is 0 Å². The smallest absolute Gasteiger partial charge is 0.220 e. The van der Waals surface area contributed by atoms with E-state index in [-0.39, 0.29) is 5.91 Å². The molecule has 0 saturated carbocycles. The van der Waals surface area contributed by atoms with Crippen LogP contribution >= 0.6 is 0 Å². The lowest BCUT2D eigenvalue weighted by Gasteiger charge is -2.14. The van der Waals surface area contributed by atoms with E-state index in [0.717, 1.165) is 32.5 Å². The minimum atomic E-state index is 0.213. The van der Waals surface area contributed by atoms with Gasteiger partial charge in [0, 0.05) is 19.5 Å². The van der Waals surface area contributed by atoms with E-state index in [4.69, 9.17) is 0 Å². The Morgan fingerprint density at radius 2 is 2.06 bits per heavy atom. The van der Waals surface area contributed by atoms with Crippen LogP contribution in [-0.2, 0) is 4.79 Å². The first-order chi connectivity index (χ1) is 8.83. The lowest BCUT2D eigenvalue weighted by atomic mass is 10.1. The van der Waals surface area contributed by atoms with Crippen LogP contribution in [0.5, 0.6) is 0 Å². The zero-order valence-electron chi connectivity index (χ0n) is 11.8. The fourth-order valence-corrected chi connectivity index (χ4v) is 2.20. The lowest BCUT2D eigenvalue weighted by Crippen LogP contribution is -2.29. The molecule has 0 saturated heterocycles. The summed E-state index contributed by atoms with van der Waals surface area (Å²) in [4.78, 5) is 11.6. The van der Waals surface area contributed by atoms with E-state index in [0.29, 0.717) is 6.42 Å². The van der Waals surface area contributed by atoms with Crippen molar-refractivity contribution < 1.29 is 4.79 Å². The largest absolute Gasteiger partial charge is 0.352 e. The first kappa shape index (κ1) is 15.2. The monoisotopic (exact) mass is 252 g/mol. The van der Waals surface area contributed by atoms with Crippen molar-refractivity contribution in [2.24, 2.45) is 0 Å². The summed E-state index contributed by atoms with van der Waals surface area (Å²) in [5.74, 6) is 0.213. The number of unbranched alkanes of at least 4 members (excludes halogenated alkanes) is 5. The highest BCUT2D eigenvalue weighted by Crippen LogP contribution is 2.07. The molecule has 1 aliphatic rings. The summed E-state index contributed by atoms with van der Waals surface area (Å²) in [5.41, 5.74) is 1.37. The number of hydrogen-bond donors (Lipinski definition) is 2. The Morgan fingerprint density at radius 3 is 2.78 bits per heavy atom. The van der Waals surface area contributed by atoms with E-state index in [1.807, 2.05) is 0 Å². The molecule has 1 amide bonds. The van der Waals surface area contributed by atoms with Gasteiger partial charge in [-0.25, -0.2) is 0 Å². The van der Waals surface area contributed by atoms with Gasteiger partial charge in [-0.05, 0) is 19.4 Å². The van der Waals surface area contributed by atoms with E-state index in [2.05, 4.69) is 23.6 Å². The third-order valence-electron chi connectivity index (χ3n) is 3.43. The molecular weight excluding hydrogens is 224 g/mol. The van der Waals surface area contributed by atoms with E-state index < -0.39 is 0 Å². The molecule has 0 aromatic carbocycles. The van der Waals surface area contributed by atoms with Crippen LogP contribution < -0.4 is 10.6 Å². The summed E-state index contributed by atoms with van der Waals surface area (Å²) in [5, 5.41) is 6.29. The second-order valence-electron chi connectivity index (χ2n) is 5.11. The molecule has 1 rings (SSSR count). The SMILES string of the molecule is CCCCCCCCC(=O)NCC1=CCNCC1. The molecular formula is C15H28N2O. The fraction of sp³-hybridized carbons (Fsp3) is 0.800. The molecule has 1 heterocycles. The molecule has 3 nitrogen and oxygen atoms in total. The maximum atomic E-state index is 11.6. The number of rotatable bonds is 9. The predicted octanol–water partition coefficient (Wildman–Crippen LogP) is 2.77. The average Bonchev–Trinajstić information content (AvgIpc) is 2.41. The molecule has 0 aromatic heterocycles. The Bertz CT molecular complexity index is 261. The third-order valence-corrected chi connectivity index (χ3v) is 3.43. The van der Waals surface area contributed by atoms with Gasteiger partial charge in [-0.2, -0.15) is 0 Å². The highest BCUT2D eigenvalue weighted by molar-refractivity contribution is 5.76. The van der Waals surface area contributed by atoms with E-state index in [1.165, 1.54) is 37.7 Å². The molecule has 0 bridgehead atoms. The molecule has 18 heavy (non-hydrogen) atoms. The second kappa shape index (κ2) is 10.1. The van der Waals surface area contributed by atoms with Crippen LogP contribution in [0.1, 0.15) is 58.3 Å². The topological polar surface area (TPSA) is 41.1 Å². The van der Waals surface area contributed by atoms with Crippen LogP contribution in [0.3, 0.4) is 0 Å². The zero-order chi connectivity index (χ0) is 13.1. The van der Waals surface area contributed by atoms with Crippen molar-refractivity contribution in [3.05, 3.63) is 11.6 Å². The summed E-state index contributed by atoms with van der Waals surface area (Å²) < 4.78 is 0. The first-order valence-electron chi connectivity index (χ1n) is 7.48. The Kier molecular flexibility index (Phi) is 8.57. The Hall–Kier alpha value is -0.830. The van der Waals surface area contributed by atoms with Gasteiger partial charge in [-0.15, -0.1) is 0 Å². The molecule has 1 aliphatic heterocycles. The molecule has 0 spiro atoms. The zero-order valence-corrected chi connectivity index (χ0v) is 11.8. The minimum Gasteiger partial charge on any atom is -0.352 e. The van der Waals surface area contributed by atoms with Gasteiger partial charge in [-0.1, -0.05) is 50.7 Å².